The molecule has 0 amide bonds. The highest BCUT2D eigenvalue weighted by Crippen LogP contribution is 2.07. The van der Waals surface area contributed by atoms with Crippen molar-refractivity contribution in [3.8, 4) is 0 Å². The van der Waals surface area contributed by atoms with Crippen LogP contribution in [-0.2, 0) is 14.3 Å². The molecule has 14 heavy (non-hydrogen) atoms. The first-order chi connectivity index (χ1) is 6.84. The Labute approximate surface area is 83.6 Å². The molecule has 1 N–H and O–H groups in total. The number of hydrogen-bond acceptors (Lipinski definition) is 4. The number of carbonyl (C=O) groups excluding carboxylic acids is 1. The smallest absolute Gasteiger partial charge is 0.373 e. The van der Waals surface area contributed by atoms with E-state index < -0.39 is 0 Å². The third-order valence-electron chi connectivity index (χ3n) is 1.73. The number of rotatable bonds is 7. The van der Waals surface area contributed by atoms with Gasteiger partial charge in [0.1, 0.15) is 6.61 Å². The van der Waals surface area contributed by atoms with Crippen molar-refractivity contribution in [1.82, 2.24) is 5.32 Å². The molecule has 4 nitrogen and oxygen atoms in total. The van der Waals surface area contributed by atoms with E-state index in [1.807, 2.05) is 0 Å². The number of ether oxygens (including phenoxy) is 2. The van der Waals surface area contributed by atoms with Gasteiger partial charge in [-0.1, -0.05) is 6.08 Å². The number of hydrogen-bond donors (Lipinski definition) is 1. The van der Waals surface area contributed by atoms with Crippen molar-refractivity contribution in [3.05, 3.63) is 24.5 Å². The first kappa shape index (κ1) is 10.8. The van der Waals surface area contributed by atoms with Crippen molar-refractivity contribution in [1.29, 1.82) is 0 Å². The fourth-order valence-corrected chi connectivity index (χ4v) is 1.05. The van der Waals surface area contributed by atoms with Crippen LogP contribution in [0.2, 0.25) is 0 Å². The normalized spacial score (nSPS) is 14.9. The van der Waals surface area contributed by atoms with E-state index in [0.29, 0.717) is 19.0 Å². The van der Waals surface area contributed by atoms with Gasteiger partial charge in [-0.25, -0.2) is 4.79 Å². The van der Waals surface area contributed by atoms with Gasteiger partial charge < -0.3 is 14.8 Å². The lowest BCUT2D eigenvalue weighted by atomic mass is 10.4. The van der Waals surface area contributed by atoms with Gasteiger partial charge in [-0.05, 0) is 13.0 Å². The summed E-state index contributed by atoms with van der Waals surface area (Å²) in [6.07, 6.45) is 4.32. The van der Waals surface area contributed by atoms with Crippen LogP contribution in [-0.4, -0.2) is 32.3 Å². The molecule has 1 heterocycles. The number of nitrogens with one attached hydrogen (secondary N) is 1. The average Bonchev–Trinajstić information content (AvgIpc) is 2.58. The van der Waals surface area contributed by atoms with Gasteiger partial charge in [-0.3, -0.25) is 0 Å². The quantitative estimate of drug-likeness (QED) is 0.369. The predicted octanol–water partition coefficient (Wildman–Crippen LogP) is 0.609. The summed E-state index contributed by atoms with van der Waals surface area (Å²) in [6.45, 7) is 6.11. The van der Waals surface area contributed by atoms with Crippen LogP contribution in [0.1, 0.15) is 6.42 Å². The summed E-state index contributed by atoms with van der Waals surface area (Å²) in [5, 5.41) is 3.14. The summed E-state index contributed by atoms with van der Waals surface area (Å²) >= 11 is 0. The molecular weight excluding hydrogens is 182 g/mol. The van der Waals surface area contributed by atoms with Gasteiger partial charge in [0.05, 0.1) is 6.61 Å². The Kier molecular flexibility index (Phi) is 4.78. The minimum Gasteiger partial charge on any atom is -0.487 e. The molecule has 0 atom stereocenters. The summed E-state index contributed by atoms with van der Waals surface area (Å²) in [5.74, 6) is -0.0160. The van der Waals surface area contributed by atoms with E-state index in [1.54, 1.807) is 12.2 Å². The van der Waals surface area contributed by atoms with Gasteiger partial charge in [0.15, 0.2) is 0 Å². The van der Waals surface area contributed by atoms with E-state index in [1.165, 1.54) is 0 Å². The highest BCUT2D eigenvalue weighted by molar-refractivity contribution is 5.88. The molecule has 78 valence electrons. The molecule has 0 aliphatic carbocycles. The molecule has 0 saturated heterocycles. The minimum absolute atomic E-state index is 0.336. The Morgan fingerprint density at radius 3 is 3.21 bits per heavy atom. The number of esters is 1. The Balaban J connectivity index is 1.98. The predicted molar refractivity (Wildman–Crippen MR) is 52.7 cm³/mol. The van der Waals surface area contributed by atoms with Crippen LogP contribution < -0.4 is 5.32 Å². The van der Waals surface area contributed by atoms with Crippen molar-refractivity contribution in [2.45, 2.75) is 6.42 Å². The lowest BCUT2D eigenvalue weighted by Crippen LogP contribution is -2.16. The van der Waals surface area contributed by atoms with Crippen LogP contribution in [0.3, 0.4) is 0 Å². The fraction of sp³-hybridized carbons (Fsp3) is 0.500. The van der Waals surface area contributed by atoms with Gasteiger partial charge in [-0.15, -0.1) is 6.58 Å². The molecule has 0 unspecified atom stereocenters. The molecule has 0 saturated carbocycles. The lowest BCUT2D eigenvalue weighted by Gasteiger charge is -2.04. The monoisotopic (exact) mass is 197 g/mol. The molecule has 1 rings (SSSR count). The summed E-state index contributed by atoms with van der Waals surface area (Å²) in [7, 11) is 0. The highest BCUT2D eigenvalue weighted by atomic mass is 16.6. The van der Waals surface area contributed by atoms with Crippen molar-refractivity contribution >= 4 is 5.97 Å². The number of carbonyl (C=O) groups is 1. The maximum Gasteiger partial charge on any atom is 0.373 e. The topological polar surface area (TPSA) is 47.6 Å². The molecule has 0 radical (unpaired) electrons. The second kappa shape index (κ2) is 6.21. The zero-order valence-electron chi connectivity index (χ0n) is 8.12. The van der Waals surface area contributed by atoms with Crippen LogP contribution in [0.15, 0.2) is 24.5 Å². The Morgan fingerprint density at radius 1 is 1.71 bits per heavy atom. The first-order valence-corrected chi connectivity index (χ1v) is 4.66. The summed E-state index contributed by atoms with van der Waals surface area (Å²) in [6, 6.07) is 0. The van der Waals surface area contributed by atoms with Crippen LogP contribution in [0.25, 0.3) is 0 Å². The van der Waals surface area contributed by atoms with Crippen LogP contribution in [0, 0.1) is 0 Å². The highest BCUT2D eigenvalue weighted by Gasteiger charge is 2.17. The second-order valence-corrected chi connectivity index (χ2v) is 2.86. The second-order valence-electron chi connectivity index (χ2n) is 2.86. The molecule has 1 aliphatic rings. The Hall–Kier alpha value is -1.29. The van der Waals surface area contributed by atoms with Crippen molar-refractivity contribution in [3.63, 3.8) is 0 Å². The maximum absolute atomic E-state index is 10.9. The summed E-state index contributed by atoms with van der Waals surface area (Å²) in [5.41, 5.74) is 0. The van der Waals surface area contributed by atoms with Gasteiger partial charge in [0.25, 0.3) is 0 Å². The minimum atomic E-state index is -0.357. The summed E-state index contributed by atoms with van der Waals surface area (Å²) < 4.78 is 9.89. The largest absolute Gasteiger partial charge is 0.487 e. The molecule has 1 aliphatic heterocycles. The molecule has 0 aromatic carbocycles. The van der Waals surface area contributed by atoms with Crippen LogP contribution in [0.5, 0.6) is 0 Å². The first-order valence-electron chi connectivity index (χ1n) is 4.66. The zero-order chi connectivity index (χ0) is 10.2. The van der Waals surface area contributed by atoms with Gasteiger partial charge in [0, 0.05) is 12.6 Å². The third kappa shape index (κ3) is 3.62. The maximum atomic E-state index is 10.9. The van der Waals surface area contributed by atoms with Crippen LogP contribution >= 0.6 is 0 Å². The summed E-state index contributed by atoms with van der Waals surface area (Å²) in [4.78, 5) is 10.9. The molecule has 0 aromatic heterocycles. The Bertz CT molecular complexity index is 236. The lowest BCUT2D eigenvalue weighted by molar-refractivity contribution is -0.139. The fourth-order valence-electron chi connectivity index (χ4n) is 1.05. The zero-order valence-corrected chi connectivity index (χ0v) is 8.12. The SMILES string of the molecule is C=CCNCCCOC1=CCOC1=O. The van der Waals surface area contributed by atoms with Crippen molar-refractivity contribution < 1.29 is 14.3 Å². The standard InChI is InChI=1S/C10H15NO3/c1-2-5-11-6-3-7-13-9-4-8-14-10(9)12/h2,4,11H,1,3,5-8H2. The van der Waals surface area contributed by atoms with E-state index in [4.69, 9.17) is 4.74 Å². The molecule has 0 aromatic rings. The number of cyclic esters (lactones) is 1. The molecule has 4 heteroatoms. The van der Waals surface area contributed by atoms with Crippen LogP contribution in [0.4, 0.5) is 0 Å². The molecule has 0 fully saturated rings. The van der Waals surface area contributed by atoms with Crippen molar-refractivity contribution in [2.75, 3.05) is 26.3 Å². The van der Waals surface area contributed by atoms with E-state index in [-0.39, 0.29) is 5.97 Å². The molecule has 0 spiro atoms. The van der Waals surface area contributed by atoms with Crippen molar-refractivity contribution in [2.24, 2.45) is 0 Å². The van der Waals surface area contributed by atoms with E-state index in [9.17, 15) is 4.79 Å². The van der Waals surface area contributed by atoms with E-state index in [0.717, 1.165) is 19.5 Å². The Morgan fingerprint density at radius 2 is 2.57 bits per heavy atom. The van der Waals surface area contributed by atoms with E-state index >= 15 is 0 Å². The van der Waals surface area contributed by atoms with Gasteiger partial charge in [0.2, 0.25) is 5.76 Å². The average molecular weight is 197 g/mol. The molecule has 0 bridgehead atoms. The van der Waals surface area contributed by atoms with Gasteiger partial charge in [-0.2, -0.15) is 0 Å². The van der Waals surface area contributed by atoms with Gasteiger partial charge >= 0.3 is 5.97 Å². The molecular formula is C10H15NO3. The van der Waals surface area contributed by atoms with E-state index in [2.05, 4.69) is 16.6 Å². The third-order valence-corrected chi connectivity index (χ3v) is 1.73.